The molecule has 1 atom stereocenters. The SMILES string of the molecule is COc1cc(/C=N/NC(=S)NCC2CCCO2)ccc1OS(=O)(=O)c1cc(C)ccc1C. The van der Waals surface area contributed by atoms with Gasteiger partial charge >= 0.3 is 10.1 Å². The number of hydrogen-bond acceptors (Lipinski definition) is 7. The van der Waals surface area contributed by atoms with Crippen LogP contribution in [0.15, 0.2) is 46.4 Å². The molecule has 0 aromatic heterocycles. The Hall–Kier alpha value is -2.69. The molecule has 1 heterocycles. The van der Waals surface area contributed by atoms with Crippen molar-refractivity contribution in [2.24, 2.45) is 5.10 Å². The van der Waals surface area contributed by atoms with Crippen LogP contribution >= 0.6 is 12.2 Å². The standard InChI is InChI=1S/C22H27N3O5S2/c1-15-6-7-16(2)21(11-15)32(26,27)30-19-9-8-17(12-20(19)28-3)13-24-25-22(31)23-14-18-5-4-10-29-18/h6-9,11-13,18H,4-5,10,14H2,1-3H3,(H2,23,25,31)/b24-13+. The first-order chi connectivity index (χ1) is 15.3. The summed E-state index contributed by atoms with van der Waals surface area (Å²) in [7, 11) is -2.57. The van der Waals surface area contributed by atoms with Crippen molar-refractivity contribution < 1.29 is 22.1 Å². The van der Waals surface area contributed by atoms with E-state index >= 15 is 0 Å². The molecule has 3 rings (SSSR count). The van der Waals surface area contributed by atoms with Crippen LogP contribution in [0.1, 0.15) is 29.5 Å². The Morgan fingerprint density at radius 2 is 2.06 bits per heavy atom. The van der Waals surface area contributed by atoms with Gasteiger partial charge in [0.25, 0.3) is 0 Å². The van der Waals surface area contributed by atoms with Crippen molar-refractivity contribution in [2.75, 3.05) is 20.3 Å². The lowest BCUT2D eigenvalue weighted by atomic mass is 10.2. The lowest BCUT2D eigenvalue weighted by Gasteiger charge is -2.13. The van der Waals surface area contributed by atoms with Gasteiger partial charge in [-0.3, -0.25) is 5.43 Å². The minimum Gasteiger partial charge on any atom is -0.493 e. The van der Waals surface area contributed by atoms with Crippen molar-refractivity contribution in [1.82, 2.24) is 10.7 Å². The van der Waals surface area contributed by atoms with Crippen molar-refractivity contribution in [3.63, 3.8) is 0 Å². The molecule has 1 unspecified atom stereocenters. The van der Waals surface area contributed by atoms with Gasteiger partial charge in [-0.25, -0.2) is 0 Å². The Bertz CT molecular complexity index is 1100. The van der Waals surface area contributed by atoms with Crippen molar-refractivity contribution >= 4 is 33.7 Å². The smallest absolute Gasteiger partial charge is 0.339 e. The highest BCUT2D eigenvalue weighted by atomic mass is 32.2. The zero-order chi connectivity index (χ0) is 23.1. The van der Waals surface area contributed by atoms with Crippen molar-refractivity contribution in [1.29, 1.82) is 0 Å². The normalized spacial score (nSPS) is 16.2. The van der Waals surface area contributed by atoms with E-state index in [1.54, 1.807) is 37.4 Å². The molecule has 0 amide bonds. The summed E-state index contributed by atoms with van der Waals surface area (Å²) in [6.45, 7) is 4.97. The summed E-state index contributed by atoms with van der Waals surface area (Å²) in [5.41, 5.74) is 4.85. The highest BCUT2D eigenvalue weighted by molar-refractivity contribution is 7.87. The molecule has 1 aliphatic heterocycles. The fourth-order valence-corrected chi connectivity index (χ4v) is 4.58. The monoisotopic (exact) mass is 477 g/mol. The van der Waals surface area contributed by atoms with Gasteiger partial charge in [0.1, 0.15) is 4.90 Å². The van der Waals surface area contributed by atoms with Crippen LogP contribution in [0.25, 0.3) is 0 Å². The van der Waals surface area contributed by atoms with Crippen LogP contribution in [-0.4, -0.2) is 46.1 Å². The molecular formula is C22H27N3O5S2. The summed E-state index contributed by atoms with van der Waals surface area (Å²) in [6, 6.07) is 10.00. The number of nitrogens with one attached hydrogen (secondary N) is 2. The molecule has 8 nitrogen and oxygen atoms in total. The Balaban J connectivity index is 1.64. The zero-order valence-electron chi connectivity index (χ0n) is 18.3. The molecule has 10 heteroatoms. The predicted molar refractivity (Wildman–Crippen MR) is 127 cm³/mol. The molecule has 0 spiro atoms. The van der Waals surface area contributed by atoms with Gasteiger partial charge in [-0.1, -0.05) is 12.1 Å². The van der Waals surface area contributed by atoms with Gasteiger partial charge in [-0.05, 0) is 79.9 Å². The Kier molecular flexibility index (Phi) is 8.05. The van der Waals surface area contributed by atoms with Crippen LogP contribution < -0.4 is 19.7 Å². The van der Waals surface area contributed by atoms with Crippen LogP contribution in [0.3, 0.4) is 0 Å². The minimum atomic E-state index is -4.02. The largest absolute Gasteiger partial charge is 0.493 e. The molecule has 172 valence electrons. The number of ether oxygens (including phenoxy) is 2. The molecule has 1 aliphatic rings. The number of nitrogens with zero attached hydrogens (tertiary/aromatic N) is 1. The molecule has 0 bridgehead atoms. The van der Waals surface area contributed by atoms with Gasteiger partial charge < -0.3 is 19.0 Å². The first-order valence-corrected chi connectivity index (χ1v) is 12.0. The second kappa shape index (κ2) is 10.8. The summed E-state index contributed by atoms with van der Waals surface area (Å²) < 4.78 is 41.8. The highest BCUT2D eigenvalue weighted by Gasteiger charge is 2.21. The topological polar surface area (TPSA) is 98.2 Å². The highest BCUT2D eigenvalue weighted by Crippen LogP contribution is 2.31. The molecule has 0 aliphatic carbocycles. The predicted octanol–water partition coefficient (Wildman–Crippen LogP) is 3.06. The molecule has 1 saturated heterocycles. The number of benzene rings is 2. The molecule has 0 radical (unpaired) electrons. The van der Waals surface area contributed by atoms with Crippen LogP contribution in [-0.2, 0) is 14.9 Å². The van der Waals surface area contributed by atoms with Crippen molar-refractivity contribution in [3.8, 4) is 11.5 Å². The summed E-state index contributed by atoms with van der Waals surface area (Å²) in [5, 5.41) is 7.56. The quantitative estimate of drug-likeness (QED) is 0.259. The number of rotatable bonds is 8. The number of hydrazone groups is 1. The molecule has 2 N–H and O–H groups in total. The second-order valence-electron chi connectivity index (χ2n) is 7.43. The van der Waals surface area contributed by atoms with Gasteiger partial charge in [0, 0.05) is 13.2 Å². The van der Waals surface area contributed by atoms with Gasteiger partial charge in [0.05, 0.1) is 19.4 Å². The third-order valence-electron chi connectivity index (χ3n) is 4.89. The fourth-order valence-electron chi connectivity index (χ4n) is 3.19. The summed E-state index contributed by atoms with van der Waals surface area (Å²) >= 11 is 5.20. The first-order valence-electron chi connectivity index (χ1n) is 10.2. The van der Waals surface area contributed by atoms with Gasteiger partial charge in [0.2, 0.25) is 0 Å². The van der Waals surface area contributed by atoms with Crippen LogP contribution in [0.5, 0.6) is 11.5 Å². The number of aryl methyl sites for hydroxylation is 2. The number of methoxy groups -OCH3 is 1. The van der Waals surface area contributed by atoms with E-state index in [1.807, 2.05) is 13.0 Å². The van der Waals surface area contributed by atoms with Gasteiger partial charge in [0.15, 0.2) is 16.6 Å². The van der Waals surface area contributed by atoms with Crippen molar-refractivity contribution in [2.45, 2.75) is 37.7 Å². The van der Waals surface area contributed by atoms with E-state index < -0.39 is 10.1 Å². The molecule has 2 aromatic rings. The van der Waals surface area contributed by atoms with Crippen LogP contribution in [0, 0.1) is 13.8 Å². The van der Waals surface area contributed by atoms with Gasteiger partial charge in [-0.2, -0.15) is 13.5 Å². The third kappa shape index (κ3) is 6.41. The maximum Gasteiger partial charge on any atom is 0.339 e. The summed E-state index contributed by atoms with van der Waals surface area (Å²) in [5.74, 6) is 0.356. The van der Waals surface area contributed by atoms with E-state index in [0.29, 0.717) is 22.8 Å². The van der Waals surface area contributed by atoms with Crippen LogP contribution in [0.2, 0.25) is 0 Å². The third-order valence-corrected chi connectivity index (χ3v) is 6.51. The van der Waals surface area contributed by atoms with Crippen molar-refractivity contribution in [3.05, 3.63) is 53.1 Å². The maximum absolute atomic E-state index is 12.8. The van der Waals surface area contributed by atoms with E-state index in [1.165, 1.54) is 13.2 Å². The Morgan fingerprint density at radius 1 is 1.25 bits per heavy atom. The molecular weight excluding hydrogens is 450 g/mol. The van der Waals surface area contributed by atoms with Crippen LogP contribution in [0.4, 0.5) is 0 Å². The summed E-state index contributed by atoms with van der Waals surface area (Å²) in [6.07, 6.45) is 3.81. The first kappa shape index (κ1) is 24.0. The van der Waals surface area contributed by atoms with Gasteiger partial charge in [-0.15, -0.1) is 0 Å². The van der Waals surface area contributed by atoms with E-state index in [9.17, 15) is 8.42 Å². The Morgan fingerprint density at radius 3 is 2.78 bits per heavy atom. The maximum atomic E-state index is 12.8. The van der Waals surface area contributed by atoms with E-state index in [-0.39, 0.29) is 22.5 Å². The average molecular weight is 478 g/mol. The summed E-state index contributed by atoms with van der Waals surface area (Å²) in [4.78, 5) is 0.124. The molecule has 2 aromatic carbocycles. The lowest BCUT2D eigenvalue weighted by Crippen LogP contribution is -2.37. The average Bonchev–Trinajstić information content (AvgIpc) is 3.28. The van der Waals surface area contributed by atoms with E-state index in [2.05, 4.69) is 15.8 Å². The minimum absolute atomic E-state index is 0.0901. The fraction of sp³-hybridized carbons (Fsp3) is 0.364. The molecule has 32 heavy (non-hydrogen) atoms. The Labute approximate surface area is 194 Å². The zero-order valence-corrected chi connectivity index (χ0v) is 19.9. The lowest BCUT2D eigenvalue weighted by molar-refractivity contribution is 0.114. The number of thiocarbonyl (C=S) groups is 1. The number of hydrogen-bond donors (Lipinski definition) is 2. The molecule has 1 fully saturated rings. The van der Waals surface area contributed by atoms with E-state index in [4.69, 9.17) is 25.9 Å². The second-order valence-corrected chi connectivity index (χ2v) is 9.35. The molecule has 0 saturated carbocycles. The van der Waals surface area contributed by atoms with E-state index in [0.717, 1.165) is 25.0 Å².